The Hall–Kier alpha value is -2.47. The molecule has 2 amide bonds. The number of rotatable bonds is 5. The van der Waals surface area contributed by atoms with Gasteiger partial charge < -0.3 is 15.7 Å². The zero-order valence-electron chi connectivity index (χ0n) is 12.6. The summed E-state index contributed by atoms with van der Waals surface area (Å²) in [6.45, 7) is 1.71. The minimum atomic E-state index is -1.00. The molecular weight excluding hydrogens is 302 g/mol. The van der Waals surface area contributed by atoms with Gasteiger partial charge in [0, 0.05) is 6.54 Å². The fourth-order valence-electron chi connectivity index (χ4n) is 2.10. The average Bonchev–Trinajstić information content (AvgIpc) is 2.53. The summed E-state index contributed by atoms with van der Waals surface area (Å²) in [5, 5.41) is 15.1. The molecule has 2 rings (SSSR count). The Morgan fingerprint density at radius 3 is 2.43 bits per heavy atom. The van der Waals surface area contributed by atoms with Gasteiger partial charge >= 0.3 is 6.03 Å². The second-order valence-corrected chi connectivity index (χ2v) is 5.20. The van der Waals surface area contributed by atoms with Crippen LogP contribution >= 0.6 is 0 Å². The third-order valence-electron chi connectivity index (χ3n) is 3.41. The molecule has 2 aromatic carbocycles. The molecule has 0 aliphatic heterocycles. The van der Waals surface area contributed by atoms with Crippen molar-refractivity contribution in [3.8, 4) is 0 Å². The summed E-state index contributed by atoms with van der Waals surface area (Å²) in [6, 6.07) is 10.6. The van der Waals surface area contributed by atoms with Gasteiger partial charge in [-0.25, -0.2) is 13.6 Å². The highest BCUT2D eigenvalue weighted by Crippen LogP contribution is 2.14. The van der Waals surface area contributed by atoms with E-state index in [1.807, 2.05) is 0 Å². The van der Waals surface area contributed by atoms with Crippen molar-refractivity contribution in [2.45, 2.75) is 19.1 Å². The fraction of sp³-hybridized carbons (Fsp3) is 0.235. The Morgan fingerprint density at radius 1 is 1.09 bits per heavy atom. The molecule has 0 bridgehead atoms. The van der Waals surface area contributed by atoms with Crippen LogP contribution in [-0.2, 0) is 0 Å². The third kappa shape index (κ3) is 5.03. The Balaban J connectivity index is 1.83. The largest absolute Gasteiger partial charge is 0.387 e. The van der Waals surface area contributed by atoms with Gasteiger partial charge in [-0.3, -0.25) is 0 Å². The molecule has 6 heteroatoms. The van der Waals surface area contributed by atoms with E-state index in [4.69, 9.17) is 0 Å². The van der Waals surface area contributed by atoms with E-state index in [2.05, 4.69) is 10.6 Å². The molecule has 122 valence electrons. The number of nitrogens with one attached hydrogen (secondary N) is 2. The maximum Gasteiger partial charge on any atom is 0.315 e. The number of hydrogen-bond acceptors (Lipinski definition) is 2. The quantitative estimate of drug-likeness (QED) is 0.793. The minimum absolute atomic E-state index is 0.0502. The summed E-state index contributed by atoms with van der Waals surface area (Å²) in [7, 11) is 0. The van der Waals surface area contributed by atoms with E-state index in [1.165, 1.54) is 30.3 Å². The SMILES string of the molecule is C[C@@H](NC(=O)NC[C@@H](O)c1cccc(F)c1)c1ccc(F)cc1. The van der Waals surface area contributed by atoms with E-state index in [1.54, 1.807) is 25.1 Å². The predicted molar refractivity (Wildman–Crippen MR) is 82.7 cm³/mol. The van der Waals surface area contributed by atoms with Crippen LogP contribution in [0, 0.1) is 11.6 Å². The van der Waals surface area contributed by atoms with E-state index >= 15 is 0 Å². The number of aliphatic hydroxyl groups is 1. The Morgan fingerprint density at radius 2 is 1.78 bits per heavy atom. The lowest BCUT2D eigenvalue weighted by atomic mass is 10.1. The highest BCUT2D eigenvalue weighted by Gasteiger charge is 2.12. The molecule has 0 fully saturated rings. The van der Waals surface area contributed by atoms with Gasteiger partial charge in [0.1, 0.15) is 11.6 Å². The van der Waals surface area contributed by atoms with Crippen molar-refractivity contribution in [3.63, 3.8) is 0 Å². The van der Waals surface area contributed by atoms with Gasteiger partial charge in [0.25, 0.3) is 0 Å². The van der Waals surface area contributed by atoms with Crippen LogP contribution in [0.15, 0.2) is 48.5 Å². The van der Waals surface area contributed by atoms with Crippen molar-refractivity contribution in [3.05, 3.63) is 71.3 Å². The molecule has 0 spiro atoms. The van der Waals surface area contributed by atoms with Gasteiger partial charge in [-0.15, -0.1) is 0 Å². The highest BCUT2D eigenvalue weighted by molar-refractivity contribution is 5.74. The molecule has 0 aromatic heterocycles. The lowest BCUT2D eigenvalue weighted by Gasteiger charge is -2.17. The number of amides is 2. The molecule has 0 saturated heterocycles. The molecule has 0 radical (unpaired) electrons. The Labute approximate surface area is 133 Å². The molecule has 23 heavy (non-hydrogen) atoms. The van der Waals surface area contributed by atoms with E-state index in [0.717, 1.165) is 5.56 Å². The monoisotopic (exact) mass is 320 g/mol. The van der Waals surface area contributed by atoms with Crippen LogP contribution in [0.25, 0.3) is 0 Å². The summed E-state index contributed by atoms with van der Waals surface area (Å²) in [5.41, 5.74) is 1.14. The van der Waals surface area contributed by atoms with Crippen LogP contribution in [0.3, 0.4) is 0 Å². The molecule has 2 atom stereocenters. The molecule has 0 unspecified atom stereocenters. The minimum Gasteiger partial charge on any atom is -0.387 e. The maximum atomic E-state index is 13.1. The lowest BCUT2D eigenvalue weighted by molar-refractivity contribution is 0.172. The van der Waals surface area contributed by atoms with E-state index < -0.39 is 18.0 Å². The number of halogens is 2. The predicted octanol–water partition coefficient (Wildman–Crippen LogP) is 3.06. The Kier molecular flexibility index (Phi) is 5.65. The molecule has 0 aliphatic carbocycles. The maximum absolute atomic E-state index is 13.1. The van der Waals surface area contributed by atoms with E-state index in [0.29, 0.717) is 5.56 Å². The van der Waals surface area contributed by atoms with Crippen molar-refractivity contribution in [2.24, 2.45) is 0 Å². The number of benzene rings is 2. The first kappa shape index (κ1) is 16.9. The fourth-order valence-corrected chi connectivity index (χ4v) is 2.10. The topological polar surface area (TPSA) is 61.4 Å². The first-order valence-corrected chi connectivity index (χ1v) is 7.19. The summed E-state index contributed by atoms with van der Waals surface area (Å²) < 4.78 is 25.9. The van der Waals surface area contributed by atoms with Crippen molar-refractivity contribution < 1.29 is 18.7 Å². The molecule has 0 saturated carbocycles. The lowest BCUT2D eigenvalue weighted by Crippen LogP contribution is -2.39. The number of aliphatic hydroxyl groups excluding tert-OH is 1. The van der Waals surface area contributed by atoms with E-state index in [9.17, 15) is 18.7 Å². The van der Waals surface area contributed by atoms with Crippen molar-refractivity contribution in [1.29, 1.82) is 0 Å². The summed E-state index contributed by atoms with van der Waals surface area (Å²) >= 11 is 0. The standard InChI is InChI=1S/C17H18F2N2O2/c1-11(12-5-7-14(18)8-6-12)21-17(23)20-10-16(22)13-3-2-4-15(19)9-13/h2-9,11,16,22H,10H2,1H3,(H2,20,21,23)/t11-,16-/m1/s1. The van der Waals surface area contributed by atoms with E-state index in [-0.39, 0.29) is 18.4 Å². The zero-order chi connectivity index (χ0) is 16.8. The zero-order valence-corrected chi connectivity index (χ0v) is 12.6. The first-order valence-electron chi connectivity index (χ1n) is 7.19. The molecule has 4 nitrogen and oxygen atoms in total. The first-order chi connectivity index (χ1) is 11.0. The highest BCUT2D eigenvalue weighted by atomic mass is 19.1. The second-order valence-electron chi connectivity index (χ2n) is 5.20. The molecule has 0 aliphatic rings. The average molecular weight is 320 g/mol. The Bertz CT molecular complexity index is 662. The normalized spacial score (nSPS) is 13.2. The van der Waals surface area contributed by atoms with Crippen LogP contribution in [0.1, 0.15) is 30.2 Å². The number of hydrogen-bond donors (Lipinski definition) is 3. The van der Waals surface area contributed by atoms with Gasteiger partial charge in [-0.1, -0.05) is 24.3 Å². The van der Waals surface area contributed by atoms with Crippen molar-refractivity contribution >= 4 is 6.03 Å². The third-order valence-corrected chi connectivity index (χ3v) is 3.41. The molecule has 0 heterocycles. The van der Waals surface area contributed by atoms with Crippen LogP contribution in [-0.4, -0.2) is 17.7 Å². The number of carbonyl (C=O) groups excluding carboxylic acids is 1. The van der Waals surface area contributed by atoms with Gasteiger partial charge in [0.2, 0.25) is 0 Å². The summed E-state index contributed by atoms with van der Waals surface area (Å²) in [6.07, 6.45) is -1.00. The summed E-state index contributed by atoms with van der Waals surface area (Å²) in [5.74, 6) is -0.792. The van der Waals surface area contributed by atoms with Crippen LogP contribution < -0.4 is 10.6 Å². The van der Waals surface area contributed by atoms with Gasteiger partial charge in [-0.05, 0) is 42.3 Å². The number of urea groups is 1. The van der Waals surface area contributed by atoms with Crippen molar-refractivity contribution in [1.82, 2.24) is 10.6 Å². The van der Waals surface area contributed by atoms with Gasteiger partial charge in [0.15, 0.2) is 0 Å². The summed E-state index contributed by atoms with van der Waals surface area (Å²) in [4.78, 5) is 11.8. The second kappa shape index (κ2) is 7.69. The molecule has 2 aromatic rings. The number of carbonyl (C=O) groups is 1. The van der Waals surface area contributed by atoms with Crippen LogP contribution in [0.5, 0.6) is 0 Å². The van der Waals surface area contributed by atoms with Crippen molar-refractivity contribution in [2.75, 3.05) is 6.54 Å². The van der Waals surface area contributed by atoms with Gasteiger partial charge in [0.05, 0.1) is 12.1 Å². The van der Waals surface area contributed by atoms with Crippen LogP contribution in [0.2, 0.25) is 0 Å². The molecular formula is C17H18F2N2O2. The smallest absolute Gasteiger partial charge is 0.315 e. The van der Waals surface area contributed by atoms with Gasteiger partial charge in [-0.2, -0.15) is 0 Å². The molecule has 3 N–H and O–H groups in total. The van der Waals surface area contributed by atoms with Crippen LogP contribution in [0.4, 0.5) is 13.6 Å².